The van der Waals surface area contributed by atoms with Gasteiger partial charge in [0.2, 0.25) is 5.91 Å². The van der Waals surface area contributed by atoms with E-state index >= 15 is 0 Å². The van der Waals surface area contributed by atoms with E-state index in [1.807, 2.05) is 68.3 Å². The van der Waals surface area contributed by atoms with E-state index in [-0.39, 0.29) is 12.5 Å². The van der Waals surface area contributed by atoms with E-state index in [1.54, 1.807) is 11.3 Å². The van der Waals surface area contributed by atoms with Crippen LogP contribution in [0.1, 0.15) is 11.1 Å². The van der Waals surface area contributed by atoms with E-state index in [0.717, 1.165) is 32.2 Å². The lowest BCUT2D eigenvalue weighted by molar-refractivity contribution is -0.114. The summed E-state index contributed by atoms with van der Waals surface area (Å²) >= 11 is 1.59. The highest BCUT2D eigenvalue weighted by molar-refractivity contribution is 7.22. The Morgan fingerprint density at radius 1 is 1.13 bits per heavy atom. The summed E-state index contributed by atoms with van der Waals surface area (Å²) in [5.74, 6) is -0.0378. The highest BCUT2D eigenvalue weighted by Crippen LogP contribution is 2.27. The number of carbonyl (C=O) groups is 1. The van der Waals surface area contributed by atoms with E-state index in [1.165, 1.54) is 0 Å². The molecule has 118 valence electrons. The van der Waals surface area contributed by atoms with Crippen molar-refractivity contribution in [2.75, 3.05) is 23.8 Å². The van der Waals surface area contributed by atoms with Gasteiger partial charge in [0, 0.05) is 12.7 Å². The van der Waals surface area contributed by atoms with E-state index in [4.69, 9.17) is 0 Å². The lowest BCUT2D eigenvalue weighted by atomic mass is 10.1. The average Bonchev–Trinajstić information content (AvgIpc) is 2.95. The van der Waals surface area contributed by atoms with E-state index < -0.39 is 0 Å². The number of aryl methyl sites for hydroxylation is 2. The van der Waals surface area contributed by atoms with Gasteiger partial charge in [-0.3, -0.25) is 4.79 Å². The fraction of sp³-hybridized carbons (Fsp3) is 0.222. The van der Waals surface area contributed by atoms with Crippen molar-refractivity contribution in [1.29, 1.82) is 0 Å². The SMILES string of the molecule is Cc1cccc(C)c1NC(=O)CN(C)c1nc2ccccc2s1. The number of para-hydroxylation sites is 2. The second-order valence-corrected chi connectivity index (χ2v) is 6.64. The zero-order valence-electron chi connectivity index (χ0n) is 13.5. The Kier molecular flexibility index (Phi) is 4.30. The molecule has 3 aromatic rings. The van der Waals surface area contributed by atoms with Gasteiger partial charge in [-0.25, -0.2) is 4.98 Å². The molecule has 0 fully saturated rings. The molecule has 0 aliphatic heterocycles. The van der Waals surface area contributed by atoms with Crippen LogP contribution in [0.4, 0.5) is 10.8 Å². The summed E-state index contributed by atoms with van der Waals surface area (Å²) in [4.78, 5) is 18.8. The van der Waals surface area contributed by atoms with Gasteiger partial charge in [-0.05, 0) is 37.1 Å². The molecule has 0 unspecified atom stereocenters. The molecule has 3 rings (SSSR count). The molecule has 0 saturated heterocycles. The van der Waals surface area contributed by atoms with Crippen LogP contribution in [0.3, 0.4) is 0 Å². The number of aromatic nitrogens is 1. The predicted molar refractivity (Wildman–Crippen MR) is 97.4 cm³/mol. The third kappa shape index (κ3) is 3.35. The maximum atomic E-state index is 12.3. The molecule has 4 nitrogen and oxygen atoms in total. The van der Waals surface area contributed by atoms with Gasteiger partial charge >= 0.3 is 0 Å². The number of hydrogen-bond acceptors (Lipinski definition) is 4. The number of anilines is 2. The standard InChI is InChI=1S/C18H19N3OS/c1-12-7-6-8-13(2)17(12)20-16(22)11-21(3)18-19-14-9-4-5-10-15(14)23-18/h4-10H,11H2,1-3H3,(H,20,22). The molecule has 1 heterocycles. The fourth-order valence-electron chi connectivity index (χ4n) is 2.50. The van der Waals surface area contributed by atoms with Crippen LogP contribution in [0.15, 0.2) is 42.5 Å². The summed E-state index contributed by atoms with van der Waals surface area (Å²) in [6, 6.07) is 14.0. The summed E-state index contributed by atoms with van der Waals surface area (Å²) in [6.45, 7) is 4.27. The third-order valence-corrected chi connectivity index (χ3v) is 4.89. The average molecular weight is 325 g/mol. The van der Waals surface area contributed by atoms with Crippen LogP contribution >= 0.6 is 11.3 Å². The smallest absolute Gasteiger partial charge is 0.243 e. The zero-order valence-corrected chi connectivity index (χ0v) is 14.3. The number of benzene rings is 2. The number of nitrogens with one attached hydrogen (secondary N) is 1. The second-order valence-electron chi connectivity index (χ2n) is 5.64. The largest absolute Gasteiger partial charge is 0.342 e. The minimum absolute atomic E-state index is 0.0378. The van der Waals surface area contributed by atoms with Crippen molar-refractivity contribution in [3.63, 3.8) is 0 Å². The molecule has 0 saturated carbocycles. The zero-order chi connectivity index (χ0) is 16.4. The maximum Gasteiger partial charge on any atom is 0.243 e. The van der Waals surface area contributed by atoms with Gasteiger partial charge < -0.3 is 10.2 Å². The number of amides is 1. The van der Waals surface area contributed by atoms with Crippen LogP contribution in [-0.2, 0) is 4.79 Å². The number of carbonyl (C=O) groups excluding carboxylic acids is 1. The molecular formula is C18H19N3OS. The van der Waals surface area contributed by atoms with Crippen molar-refractivity contribution in [3.8, 4) is 0 Å². The Hall–Kier alpha value is -2.40. The van der Waals surface area contributed by atoms with Gasteiger partial charge in [0.1, 0.15) is 0 Å². The first kappa shape index (κ1) is 15.5. The monoisotopic (exact) mass is 325 g/mol. The maximum absolute atomic E-state index is 12.3. The van der Waals surface area contributed by atoms with Crippen LogP contribution in [-0.4, -0.2) is 24.5 Å². The predicted octanol–water partition coefficient (Wildman–Crippen LogP) is 3.99. The molecule has 2 aromatic carbocycles. The normalized spacial score (nSPS) is 10.7. The molecule has 0 atom stereocenters. The van der Waals surface area contributed by atoms with Crippen LogP contribution in [0.5, 0.6) is 0 Å². The summed E-state index contributed by atoms with van der Waals surface area (Å²) in [6.07, 6.45) is 0. The third-order valence-electron chi connectivity index (χ3n) is 3.74. The van der Waals surface area contributed by atoms with Crippen molar-refractivity contribution in [2.24, 2.45) is 0 Å². The summed E-state index contributed by atoms with van der Waals surface area (Å²) in [7, 11) is 1.89. The van der Waals surface area contributed by atoms with Gasteiger partial charge in [0.15, 0.2) is 5.13 Å². The molecule has 0 spiro atoms. The van der Waals surface area contributed by atoms with Crippen LogP contribution < -0.4 is 10.2 Å². The lowest BCUT2D eigenvalue weighted by Gasteiger charge is -2.17. The van der Waals surface area contributed by atoms with Crippen molar-refractivity contribution in [2.45, 2.75) is 13.8 Å². The molecule has 0 aliphatic carbocycles. The Labute approximate surface area is 139 Å². The Morgan fingerprint density at radius 3 is 2.52 bits per heavy atom. The van der Waals surface area contributed by atoms with Crippen molar-refractivity contribution in [3.05, 3.63) is 53.6 Å². The van der Waals surface area contributed by atoms with Gasteiger partial charge in [0.05, 0.1) is 16.8 Å². The highest BCUT2D eigenvalue weighted by atomic mass is 32.1. The first-order valence-corrected chi connectivity index (χ1v) is 8.29. The van der Waals surface area contributed by atoms with Gasteiger partial charge in [-0.2, -0.15) is 0 Å². The fourth-order valence-corrected chi connectivity index (χ4v) is 3.42. The summed E-state index contributed by atoms with van der Waals surface area (Å²) in [5, 5.41) is 3.86. The number of nitrogens with zero attached hydrogens (tertiary/aromatic N) is 2. The Bertz CT molecular complexity index is 803. The second kappa shape index (κ2) is 6.38. The van der Waals surface area contributed by atoms with Crippen molar-refractivity contribution < 1.29 is 4.79 Å². The van der Waals surface area contributed by atoms with Crippen LogP contribution in [0.25, 0.3) is 10.2 Å². The molecule has 1 aromatic heterocycles. The Balaban J connectivity index is 1.72. The minimum Gasteiger partial charge on any atom is -0.342 e. The Morgan fingerprint density at radius 2 is 1.83 bits per heavy atom. The molecule has 1 amide bonds. The molecule has 1 N–H and O–H groups in total. The number of thiazole rings is 1. The van der Waals surface area contributed by atoms with E-state index in [0.29, 0.717) is 0 Å². The molecule has 0 aliphatic rings. The topological polar surface area (TPSA) is 45.2 Å². The van der Waals surface area contributed by atoms with E-state index in [2.05, 4.69) is 10.3 Å². The molecular weight excluding hydrogens is 306 g/mol. The highest BCUT2D eigenvalue weighted by Gasteiger charge is 2.13. The number of fused-ring (bicyclic) bond motifs is 1. The first-order valence-electron chi connectivity index (χ1n) is 7.47. The minimum atomic E-state index is -0.0378. The van der Waals surface area contributed by atoms with Crippen molar-refractivity contribution >= 4 is 38.3 Å². The summed E-state index contributed by atoms with van der Waals surface area (Å²) in [5.41, 5.74) is 4.01. The van der Waals surface area contributed by atoms with E-state index in [9.17, 15) is 4.79 Å². The van der Waals surface area contributed by atoms with Gasteiger partial charge in [0.25, 0.3) is 0 Å². The van der Waals surface area contributed by atoms with Crippen LogP contribution in [0, 0.1) is 13.8 Å². The van der Waals surface area contributed by atoms with Crippen LogP contribution in [0.2, 0.25) is 0 Å². The number of likely N-dealkylation sites (N-methyl/N-ethyl adjacent to an activating group) is 1. The molecule has 23 heavy (non-hydrogen) atoms. The number of hydrogen-bond donors (Lipinski definition) is 1. The molecule has 0 bridgehead atoms. The lowest BCUT2D eigenvalue weighted by Crippen LogP contribution is -2.30. The number of rotatable bonds is 4. The van der Waals surface area contributed by atoms with Crippen molar-refractivity contribution in [1.82, 2.24) is 4.98 Å². The summed E-state index contributed by atoms with van der Waals surface area (Å²) < 4.78 is 1.13. The molecule has 5 heteroatoms. The van der Waals surface area contributed by atoms with Gasteiger partial charge in [-0.15, -0.1) is 0 Å². The van der Waals surface area contributed by atoms with Gasteiger partial charge in [-0.1, -0.05) is 41.7 Å². The molecule has 0 radical (unpaired) electrons. The first-order chi connectivity index (χ1) is 11.0. The quantitative estimate of drug-likeness (QED) is 0.789.